The molecule has 5 nitrogen and oxygen atoms in total. The largest absolute Gasteiger partial charge is 0.497 e. The second kappa shape index (κ2) is 6.40. The molecule has 0 aliphatic carbocycles. The highest BCUT2D eigenvalue weighted by Crippen LogP contribution is 2.31. The average molecular weight is 302 g/mol. The number of likely N-dealkylation sites (tertiary alicyclic amines) is 1. The molecule has 1 atom stereocenters. The van der Waals surface area contributed by atoms with Crippen molar-refractivity contribution >= 4 is 12.0 Å². The van der Waals surface area contributed by atoms with E-state index < -0.39 is 0 Å². The molecule has 0 bridgehead atoms. The van der Waals surface area contributed by atoms with Crippen molar-refractivity contribution in [3.8, 4) is 11.5 Å². The Balaban J connectivity index is 1.80. The minimum Gasteiger partial charge on any atom is -0.497 e. The first-order valence-corrected chi connectivity index (χ1v) is 7.70. The summed E-state index contributed by atoms with van der Waals surface area (Å²) in [6.07, 6.45) is 4.07. The first-order valence-electron chi connectivity index (χ1n) is 7.70. The fourth-order valence-electron chi connectivity index (χ4n) is 3.13. The Bertz CT molecular complexity index is 598. The molecule has 1 amide bonds. The molecule has 0 saturated carbocycles. The summed E-state index contributed by atoms with van der Waals surface area (Å²) in [5.41, 5.74) is 1.65. The summed E-state index contributed by atoms with van der Waals surface area (Å²) in [6, 6.07) is 5.95. The van der Waals surface area contributed by atoms with E-state index in [0.717, 1.165) is 48.6 Å². The van der Waals surface area contributed by atoms with Gasteiger partial charge in [0, 0.05) is 30.8 Å². The summed E-state index contributed by atoms with van der Waals surface area (Å²) in [5.74, 6) is 1.62. The predicted molar refractivity (Wildman–Crippen MR) is 85.1 cm³/mol. The van der Waals surface area contributed by atoms with Gasteiger partial charge < -0.3 is 19.7 Å². The Hall–Kier alpha value is -2.01. The van der Waals surface area contributed by atoms with Crippen molar-refractivity contribution in [2.75, 3.05) is 33.9 Å². The number of carbonyl (C=O) groups is 1. The van der Waals surface area contributed by atoms with Crippen LogP contribution < -0.4 is 14.8 Å². The van der Waals surface area contributed by atoms with Crippen LogP contribution in [0.2, 0.25) is 0 Å². The summed E-state index contributed by atoms with van der Waals surface area (Å²) in [6.45, 7) is 1.99. The molecule has 1 aromatic carbocycles. The van der Waals surface area contributed by atoms with Crippen LogP contribution in [0.3, 0.4) is 0 Å². The molecule has 1 aromatic rings. The van der Waals surface area contributed by atoms with Gasteiger partial charge in [0.1, 0.15) is 18.1 Å². The fourth-order valence-corrected chi connectivity index (χ4v) is 3.13. The van der Waals surface area contributed by atoms with Gasteiger partial charge in [0.25, 0.3) is 5.91 Å². The van der Waals surface area contributed by atoms with E-state index in [9.17, 15) is 4.79 Å². The molecule has 0 spiro atoms. The number of methoxy groups -OCH3 is 1. The topological polar surface area (TPSA) is 50.8 Å². The Kier molecular flexibility index (Phi) is 4.34. The molecule has 2 heterocycles. The third-order valence-corrected chi connectivity index (χ3v) is 4.29. The molecule has 0 aromatic heterocycles. The van der Waals surface area contributed by atoms with Gasteiger partial charge in [0.15, 0.2) is 0 Å². The highest BCUT2D eigenvalue weighted by molar-refractivity contribution is 5.99. The van der Waals surface area contributed by atoms with Gasteiger partial charge in [-0.05, 0) is 38.1 Å². The smallest absolute Gasteiger partial charge is 0.253 e. The number of likely N-dealkylation sites (N-methyl/N-ethyl adjacent to an activating group) is 1. The quantitative estimate of drug-likeness (QED) is 0.919. The van der Waals surface area contributed by atoms with Crippen LogP contribution in [0.1, 0.15) is 18.4 Å². The molecule has 0 unspecified atom stereocenters. The Morgan fingerprint density at radius 1 is 1.50 bits per heavy atom. The Morgan fingerprint density at radius 2 is 2.36 bits per heavy atom. The molecule has 1 fully saturated rings. The lowest BCUT2D eigenvalue weighted by Gasteiger charge is -2.27. The van der Waals surface area contributed by atoms with E-state index in [-0.39, 0.29) is 11.9 Å². The first-order chi connectivity index (χ1) is 10.7. The number of nitrogens with zero attached hydrogens (tertiary/aromatic N) is 1. The van der Waals surface area contributed by atoms with E-state index in [1.54, 1.807) is 7.11 Å². The van der Waals surface area contributed by atoms with Gasteiger partial charge in [-0.1, -0.05) is 0 Å². The van der Waals surface area contributed by atoms with Crippen LogP contribution in [0.4, 0.5) is 0 Å². The zero-order valence-corrected chi connectivity index (χ0v) is 13.1. The molecule has 2 aliphatic rings. The van der Waals surface area contributed by atoms with Crippen LogP contribution in [0.5, 0.6) is 11.5 Å². The molecular weight excluding hydrogens is 280 g/mol. The fraction of sp³-hybridized carbons (Fsp3) is 0.471. The van der Waals surface area contributed by atoms with Gasteiger partial charge in [0.2, 0.25) is 0 Å². The van der Waals surface area contributed by atoms with Crippen LogP contribution in [0.25, 0.3) is 6.08 Å². The molecule has 1 saturated heterocycles. The number of fused-ring (bicyclic) bond motifs is 1. The van der Waals surface area contributed by atoms with Crippen molar-refractivity contribution in [3.05, 3.63) is 29.3 Å². The molecule has 2 aliphatic heterocycles. The predicted octanol–water partition coefficient (Wildman–Crippen LogP) is 1.68. The molecule has 3 rings (SSSR count). The van der Waals surface area contributed by atoms with E-state index in [1.165, 1.54) is 0 Å². The van der Waals surface area contributed by atoms with Gasteiger partial charge in [0.05, 0.1) is 12.7 Å². The van der Waals surface area contributed by atoms with E-state index in [4.69, 9.17) is 9.47 Å². The van der Waals surface area contributed by atoms with E-state index in [2.05, 4.69) is 5.32 Å². The average Bonchev–Trinajstić information content (AvgIpc) is 3.01. The lowest BCUT2D eigenvalue weighted by Crippen LogP contribution is -2.42. The van der Waals surface area contributed by atoms with Crippen molar-refractivity contribution in [3.63, 3.8) is 0 Å². The molecule has 5 heteroatoms. The van der Waals surface area contributed by atoms with Gasteiger partial charge in [-0.15, -0.1) is 0 Å². The Morgan fingerprint density at radius 3 is 3.14 bits per heavy atom. The van der Waals surface area contributed by atoms with Crippen LogP contribution in [-0.4, -0.2) is 50.7 Å². The first kappa shape index (κ1) is 14.9. The maximum absolute atomic E-state index is 12.7. The van der Waals surface area contributed by atoms with Crippen molar-refractivity contribution < 1.29 is 14.3 Å². The van der Waals surface area contributed by atoms with Gasteiger partial charge >= 0.3 is 0 Å². The number of nitrogens with one attached hydrogen (secondary N) is 1. The minimum atomic E-state index is 0.0965. The second-order valence-electron chi connectivity index (χ2n) is 5.71. The summed E-state index contributed by atoms with van der Waals surface area (Å²) in [7, 11) is 3.55. The number of hydrogen-bond donors (Lipinski definition) is 1. The number of rotatable bonds is 4. The zero-order valence-electron chi connectivity index (χ0n) is 13.1. The summed E-state index contributed by atoms with van der Waals surface area (Å²) < 4.78 is 10.9. The molecule has 118 valence electrons. The molecular formula is C17H22N2O3. The maximum atomic E-state index is 12.7. The highest BCUT2D eigenvalue weighted by atomic mass is 16.5. The zero-order chi connectivity index (χ0) is 15.5. The van der Waals surface area contributed by atoms with Crippen LogP contribution in [0, 0.1) is 0 Å². The molecule has 1 N–H and O–H groups in total. The third-order valence-electron chi connectivity index (χ3n) is 4.29. The second-order valence-corrected chi connectivity index (χ2v) is 5.71. The van der Waals surface area contributed by atoms with Crippen molar-refractivity contribution in [2.24, 2.45) is 0 Å². The van der Waals surface area contributed by atoms with Crippen LogP contribution >= 0.6 is 0 Å². The number of carbonyl (C=O) groups excluding carboxylic acids is 1. The highest BCUT2D eigenvalue weighted by Gasteiger charge is 2.31. The van der Waals surface area contributed by atoms with E-state index in [0.29, 0.717) is 6.61 Å². The third kappa shape index (κ3) is 2.81. The van der Waals surface area contributed by atoms with Crippen molar-refractivity contribution in [2.45, 2.75) is 18.9 Å². The number of ether oxygens (including phenoxy) is 2. The van der Waals surface area contributed by atoms with E-state index in [1.807, 2.05) is 36.2 Å². The standard InChI is InChI=1S/C17H22N2O3/c1-18-10-14-4-3-7-19(14)17(20)13-8-12-5-6-15(21-2)9-16(12)22-11-13/h5-6,8-9,14,18H,3-4,7,10-11H2,1-2H3/t14-/m0/s1. The number of hydrogen-bond acceptors (Lipinski definition) is 4. The molecule has 22 heavy (non-hydrogen) atoms. The van der Waals surface area contributed by atoms with Crippen LogP contribution in [0.15, 0.2) is 23.8 Å². The summed E-state index contributed by atoms with van der Waals surface area (Å²) in [5, 5.41) is 3.17. The maximum Gasteiger partial charge on any atom is 0.253 e. The summed E-state index contributed by atoms with van der Waals surface area (Å²) in [4.78, 5) is 14.7. The normalized spacial score (nSPS) is 20.2. The van der Waals surface area contributed by atoms with Crippen molar-refractivity contribution in [1.29, 1.82) is 0 Å². The Labute approximate surface area is 130 Å². The number of amides is 1. The summed E-state index contributed by atoms with van der Waals surface area (Å²) >= 11 is 0. The SMILES string of the molecule is CNC[C@@H]1CCCN1C(=O)C1=Cc2ccc(OC)cc2OC1. The van der Waals surface area contributed by atoms with Gasteiger partial charge in [-0.3, -0.25) is 4.79 Å². The number of benzene rings is 1. The lowest BCUT2D eigenvalue weighted by atomic mass is 10.1. The monoisotopic (exact) mass is 302 g/mol. The lowest BCUT2D eigenvalue weighted by molar-refractivity contribution is -0.128. The van der Waals surface area contributed by atoms with Gasteiger partial charge in [-0.2, -0.15) is 0 Å². The van der Waals surface area contributed by atoms with Gasteiger partial charge in [-0.25, -0.2) is 0 Å². The molecule has 0 radical (unpaired) electrons. The van der Waals surface area contributed by atoms with Crippen molar-refractivity contribution in [1.82, 2.24) is 10.2 Å². The minimum absolute atomic E-state index is 0.0965. The van der Waals surface area contributed by atoms with E-state index >= 15 is 0 Å². The van der Waals surface area contributed by atoms with Crippen LogP contribution in [-0.2, 0) is 4.79 Å².